The van der Waals surface area contributed by atoms with Gasteiger partial charge in [0.05, 0.1) is 10.7 Å². The molecular weight excluding hydrogens is 425 g/mol. The number of benzene rings is 2. The molecule has 134 valence electrons. The number of rotatable bonds is 5. The zero-order valence-corrected chi connectivity index (χ0v) is 16.0. The molecule has 2 aromatic carbocycles. The van der Waals surface area contributed by atoms with Crippen molar-refractivity contribution < 1.29 is 18.3 Å². The Hall–Kier alpha value is -2.31. The Kier molecular flexibility index (Phi) is 5.64. The van der Waals surface area contributed by atoms with E-state index in [4.69, 9.17) is 20.8 Å². The predicted molar refractivity (Wildman–Crippen MR) is 101 cm³/mol. The summed E-state index contributed by atoms with van der Waals surface area (Å²) in [5.41, 5.74) is 1.35. The van der Waals surface area contributed by atoms with Crippen LogP contribution in [0, 0.1) is 12.7 Å². The highest BCUT2D eigenvalue weighted by atomic mass is 79.9. The van der Waals surface area contributed by atoms with Gasteiger partial charge in [0.25, 0.3) is 5.91 Å². The van der Waals surface area contributed by atoms with E-state index in [9.17, 15) is 9.18 Å². The first-order valence-electron chi connectivity index (χ1n) is 7.66. The number of nitrogens with one attached hydrogen (secondary N) is 1. The topological polar surface area (TPSA) is 51.5 Å². The molecule has 1 aromatic heterocycles. The van der Waals surface area contributed by atoms with Gasteiger partial charge in [-0.25, -0.2) is 4.39 Å². The third-order valence-electron chi connectivity index (χ3n) is 3.57. The zero-order chi connectivity index (χ0) is 18.7. The van der Waals surface area contributed by atoms with Crippen molar-refractivity contribution in [3.05, 3.63) is 80.9 Å². The normalized spacial score (nSPS) is 10.6. The Morgan fingerprint density at radius 1 is 1.23 bits per heavy atom. The van der Waals surface area contributed by atoms with Crippen LogP contribution in [-0.4, -0.2) is 5.91 Å². The number of carbonyl (C=O) groups is 1. The van der Waals surface area contributed by atoms with Gasteiger partial charge in [0.1, 0.15) is 23.9 Å². The van der Waals surface area contributed by atoms with Crippen molar-refractivity contribution in [3.8, 4) is 5.75 Å². The lowest BCUT2D eigenvalue weighted by molar-refractivity contribution is 0.0992. The summed E-state index contributed by atoms with van der Waals surface area (Å²) in [6.45, 7) is 1.97. The summed E-state index contributed by atoms with van der Waals surface area (Å²) in [6, 6.07) is 12.4. The van der Waals surface area contributed by atoms with E-state index in [0.717, 1.165) is 10.0 Å². The predicted octanol–water partition coefficient (Wildman–Crippen LogP) is 5.97. The van der Waals surface area contributed by atoms with E-state index in [1.54, 1.807) is 18.2 Å². The highest BCUT2D eigenvalue weighted by Gasteiger charge is 2.15. The second-order valence-corrected chi connectivity index (χ2v) is 6.87. The molecule has 0 saturated carbocycles. The lowest BCUT2D eigenvalue weighted by Gasteiger charge is -2.10. The maximum atomic E-state index is 12.9. The van der Waals surface area contributed by atoms with E-state index >= 15 is 0 Å². The number of hydrogen-bond donors (Lipinski definition) is 1. The smallest absolute Gasteiger partial charge is 0.291 e. The zero-order valence-electron chi connectivity index (χ0n) is 13.7. The van der Waals surface area contributed by atoms with Crippen LogP contribution in [0.5, 0.6) is 5.75 Å². The number of amides is 1. The second-order valence-electron chi connectivity index (χ2n) is 5.54. The molecule has 0 aliphatic carbocycles. The van der Waals surface area contributed by atoms with Gasteiger partial charge in [0.2, 0.25) is 0 Å². The van der Waals surface area contributed by atoms with Crippen LogP contribution >= 0.6 is 27.5 Å². The van der Waals surface area contributed by atoms with Gasteiger partial charge in [0.15, 0.2) is 5.76 Å². The van der Waals surface area contributed by atoms with Crippen LogP contribution in [0.25, 0.3) is 0 Å². The average molecular weight is 439 g/mol. The molecule has 1 heterocycles. The molecule has 0 spiro atoms. The van der Waals surface area contributed by atoms with Crippen molar-refractivity contribution >= 4 is 39.1 Å². The van der Waals surface area contributed by atoms with Crippen LogP contribution in [0.15, 0.2) is 57.4 Å². The molecule has 0 atom stereocenters. The van der Waals surface area contributed by atoms with Crippen LogP contribution < -0.4 is 10.1 Å². The maximum Gasteiger partial charge on any atom is 0.291 e. The Bertz CT molecular complexity index is 917. The Balaban J connectivity index is 1.65. The lowest BCUT2D eigenvalue weighted by Crippen LogP contribution is -2.12. The van der Waals surface area contributed by atoms with Gasteiger partial charge < -0.3 is 14.5 Å². The number of ether oxygens (including phenoxy) is 1. The average Bonchev–Trinajstić information content (AvgIpc) is 3.06. The summed E-state index contributed by atoms with van der Waals surface area (Å²) < 4.78 is 24.7. The largest absolute Gasteiger partial charge is 0.486 e. The van der Waals surface area contributed by atoms with E-state index in [2.05, 4.69) is 21.2 Å². The number of hydrogen-bond acceptors (Lipinski definition) is 3. The molecule has 3 aromatic rings. The molecule has 0 fully saturated rings. The van der Waals surface area contributed by atoms with Crippen molar-refractivity contribution in [1.82, 2.24) is 0 Å². The molecule has 0 radical (unpaired) electrons. The van der Waals surface area contributed by atoms with Crippen LogP contribution in [0.1, 0.15) is 21.9 Å². The summed E-state index contributed by atoms with van der Waals surface area (Å²) in [4.78, 5) is 12.4. The van der Waals surface area contributed by atoms with Gasteiger partial charge in [-0.1, -0.05) is 27.5 Å². The first-order valence-corrected chi connectivity index (χ1v) is 8.83. The molecule has 0 aliphatic rings. The molecular formula is C19H14BrClFNO3. The number of furan rings is 1. The van der Waals surface area contributed by atoms with E-state index in [1.165, 1.54) is 24.3 Å². The third-order valence-corrected chi connectivity index (χ3v) is 4.33. The van der Waals surface area contributed by atoms with Crippen molar-refractivity contribution in [1.29, 1.82) is 0 Å². The number of anilines is 1. The van der Waals surface area contributed by atoms with Gasteiger partial charge in [-0.05, 0) is 61.0 Å². The summed E-state index contributed by atoms with van der Waals surface area (Å²) in [6.07, 6.45) is 0. The molecule has 0 unspecified atom stereocenters. The molecule has 7 heteroatoms. The minimum atomic E-state index is -0.412. The first kappa shape index (κ1) is 18.5. The summed E-state index contributed by atoms with van der Waals surface area (Å²) in [7, 11) is 0. The number of halogens is 3. The van der Waals surface area contributed by atoms with E-state index in [1.807, 2.05) is 13.0 Å². The quantitative estimate of drug-likeness (QED) is 0.533. The molecule has 26 heavy (non-hydrogen) atoms. The minimum Gasteiger partial charge on any atom is -0.486 e. The third kappa shape index (κ3) is 4.45. The van der Waals surface area contributed by atoms with Crippen LogP contribution in [0.3, 0.4) is 0 Å². The van der Waals surface area contributed by atoms with Crippen LogP contribution in [-0.2, 0) is 6.61 Å². The molecule has 1 amide bonds. The van der Waals surface area contributed by atoms with Gasteiger partial charge in [-0.3, -0.25) is 4.79 Å². The van der Waals surface area contributed by atoms with Gasteiger partial charge >= 0.3 is 0 Å². The number of aryl methyl sites for hydroxylation is 1. The molecule has 4 nitrogen and oxygen atoms in total. The summed E-state index contributed by atoms with van der Waals surface area (Å²) in [5, 5.41) is 3.17. The SMILES string of the molecule is Cc1cc(Br)cc(Cl)c1NC(=O)c1ccc(COc2ccc(F)cc2)o1. The molecule has 0 saturated heterocycles. The summed E-state index contributed by atoms with van der Waals surface area (Å²) >= 11 is 9.53. The van der Waals surface area contributed by atoms with Crippen LogP contribution in [0.4, 0.5) is 10.1 Å². The fourth-order valence-corrected chi connectivity index (χ4v) is 3.32. The van der Waals surface area contributed by atoms with Crippen molar-refractivity contribution in [2.24, 2.45) is 0 Å². The standard InChI is InChI=1S/C19H14BrClFNO3/c1-11-8-12(20)9-16(21)18(11)23-19(24)17-7-6-15(26-17)10-25-14-4-2-13(22)3-5-14/h2-9H,10H2,1H3,(H,23,24). The lowest BCUT2D eigenvalue weighted by atomic mass is 10.2. The molecule has 1 N–H and O–H groups in total. The molecule has 3 rings (SSSR count). The maximum absolute atomic E-state index is 12.9. The van der Waals surface area contributed by atoms with Gasteiger partial charge in [-0.15, -0.1) is 0 Å². The highest BCUT2D eigenvalue weighted by Crippen LogP contribution is 2.30. The first-order chi connectivity index (χ1) is 12.4. The summed E-state index contributed by atoms with van der Waals surface area (Å²) in [5.74, 6) is 0.367. The second kappa shape index (κ2) is 7.93. The minimum absolute atomic E-state index is 0.122. The van der Waals surface area contributed by atoms with E-state index < -0.39 is 5.91 Å². The van der Waals surface area contributed by atoms with Crippen molar-refractivity contribution in [2.45, 2.75) is 13.5 Å². The van der Waals surface area contributed by atoms with Crippen molar-refractivity contribution in [3.63, 3.8) is 0 Å². The van der Waals surface area contributed by atoms with E-state index in [0.29, 0.717) is 22.2 Å². The van der Waals surface area contributed by atoms with Crippen LogP contribution in [0.2, 0.25) is 5.02 Å². The van der Waals surface area contributed by atoms with E-state index in [-0.39, 0.29) is 18.2 Å². The fraction of sp³-hybridized carbons (Fsp3) is 0.105. The Morgan fingerprint density at radius 2 is 1.96 bits per heavy atom. The molecule has 0 aliphatic heterocycles. The molecule has 0 bridgehead atoms. The monoisotopic (exact) mass is 437 g/mol. The van der Waals surface area contributed by atoms with Gasteiger partial charge in [0, 0.05) is 4.47 Å². The Morgan fingerprint density at radius 3 is 2.65 bits per heavy atom. The van der Waals surface area contributed by atoms with Crippen molar-refractivity contribution in [2.75, 3.05) is 5.32 Å². The fourth-order valence-electron chi connectivity index (χ4n) is 2.30. The highest BCUT2D eigenvalue weighted by molar-refractivity contribution is 9.10. The van der Waals surface area contributed by atoms with Gasteiger partial charge in [-0.2, -0.15) is 0 Å². The Labute approximate surface area is 163 Å². The number of carbonyl (C=O) groups excluding carboxylic acids is 1.